The summed E-state index contributed by atoms with van der Waals surface area (Å²) in [5.41, 5.74) is 0. The van der Waals surface area contributed by atoms with Gasteiger partial charge in [0.25, 0.3) is 11.1 Å². The van der Waals surface area contributed by atoms with Crippen LogP contribution in [0.3, 0.4) is 0 Å². The van der Waals surface area contributed by atoms with Gasteiger partial charge in [0.15, 0.2) is 0 Å². The summed E-state index contributed by atoms with van der Waals surface area (Å²) < 4.78 is 0. The summed E-state index contributed by atoms with van der Waals surface area (Å²) in [6.07, 6.45) is 3.69. The van der Waals surface area contributed by atoms with E-state index in [1.807, 2.05) is 17.5 Å². The molecule has 0 N–H and O–H groups in total. The Morgan fingerprint density at radius 3 is 2.71 bits per heavy atom. The van der Waals surface area contributed by atoms with Crippen LogP contribution in [0.5, 0.6) is 0 Å². The molecule has 2 aliphatic heterocycles. The van der Waals surface area contributed by atoms with Crippen molar-refractivity contribution in [2.45, 2.75) is 12.8 Å². The van der Waals surface area contributed by atoms with Gasteiger partial charge in [-0.15, -0.1) is 11.3 Å². The number of nitrogens with zero attached hydrogens (tertiary/aromatic N) is 2. The molecule has 2 fully saturated rings. The Morgan fingerprint density at radius 2 is 2.05 bits per heavy atom. The fourth-order valence-electron chi connectivity index (χ4n) is 2.34. The van der Waals surface area contributed by atoms with Crippen molar-refractivity contribution in [2.75, 3.05) is 19.6 Å². The van der Waals surface area contributed by atoms with E-state index in [0.29, 0.717) is 4.91 Å². The number of carbonyl (C=O) groups excluding carboxylic acids is 3. The smallest absolute Gasteiger partial charge is 0.294 e. The quantitative estimate of drug-likeness (QED) is 0.802. The van der Waals surface area contributed by atoms with E-state index in [0.717, 1.165) is 47.5 Å². The van der Waals surface area contributed by atoms with Gasteiger partial charge in [-0.2, -0.15) is 0 Å². The van der Waals surface area contributed by atoms with Crippen LogP contribution in [-0.2, 0) is 9.59 Å². The molecular formula is C14H14N2O3S2. The summed E-state index contributed by atoms with van der Waals surface area (Å²) in [7, 11) is 0. The number of likely N-dealkylation sites (tertiary alicyclic amines) is 1. The van der Waals surface area contributed by atoms with Gasteiger partial charge in [-0.05, 0) is 42.1 Å². The number of hydrogen-bond donors (Lipinski definition) is 0. The predicted molar refractivity (Wildman–Crippen MR) is 82.8 cm³/mol. The van der Waals surface area contributed by atoms with Gasteiger partial charge in [-0.3, -0.25) is 19.3 Å². The maximum Gasteiger partial charge on any atom is 0.294 e. The minimum atomic E-state index is -0.369. The van der Waals surface area contributed by atoms with E-state index in [2.05, 4.69) is 0 Å². The highest BCUT2D eigenvalue weighted by Crippen LogP contribution is 2.32. The normalized spacial score (nSPS) is 20.9. The first-order chi connectivity index (χ1) is 10.1. The minimum absolute atomic E-state index is 0.146. The van der Waals surface area contributed by atoms with E-state index in [-0.39, 0.29) is 23.6 Å². The first kappa shape index (κ1) is 14.3. The third-order valence-corrected chi connectivity index (χ3v) is 5.17. The molecule has 110 valence electrons. The zero-order chi connectivity index (χ0) is 14.8. The molecule has 7 heteroatoms. The third kappa shape index (κ3) is 3.03. The molecule has 0 atom stereocenters. The molecule has 0 radical (unpaired) electrons. The van der Waals surface area contributed by atoms with Crippen LogP contribution in [0.1, 0.15) is 17.7 Å². The van der Waals surface area contributed by atoms with Gasteiger partial charge in [-0.25, -0.2) is 0 Å². The Hall–Kier alpha value is -1.60. The minimum Gasteiger partial charge on any atom is -0.341 e. The van der Waals surface area contributed by atoms with Crippen LogP contribution in [0, 0.1) is 0 Å². The van der Waals surface area contributed by atoms with E-state index in [9.17, 15) is 14.4 Å². The Labute approximate surface area is 130 Å². The van der Waals surface area contributed by atoms with Crippen molar-refractivity contribution < 1.29 is 14.4 Å². The van der Waals surface area contributed by atoms with Gasteiger partial charge in [0, 0.05) is 18.0 Å². The van der Waals surface area contributed by atoms with E-state index >= 15 is 0 Å². The topological polar surface area (TPSA) is 57.7 Å². The summed E-state index contributed by atoms with van der Waals surface area (Å²) in [5.74, 6) is -0.516. The maximum atomic E-state index is 12.2. The van der Waals surface area contributed by atoms with Crippen LogP contribution in [0.2, 0.25) is 0 Å². The largest absolute Gasteiger partial charge is 0.341 e. The average molecular weight is 322 g/mol. The van der Waals surface area contributed by atoms with E-state index < -0.39 is 0 Å². The van der Waals surface area contributed by atoms with Gasteiger partial charge in [0.1, 0.15) is 6.54 Å². The predicted octanol–water partition coefficient (Wildman–Crippen LogP) is 2.41. The lowest BCUT2D eigenvalue weighted by Crippen LogP contribution is -2.40. The lowest BCUT2D eigenvalue weighted by Gasteiger charge is -2.18. The Kier molecular flexibility index (Phi) is 4.12. The van der Waals surface area contributed by atoms with Crippen LogP contribution in [-0.4, -0.2) is 46.5 Å². The number of carbonyl (C=O) groups is 3. The molecule has 3 rings (SSSR count). The fourth-order valence-corrected chi connectivity index (χ4v) is 3.90. The number of imide groups is 1. The first-order valence-electron chi connectivity index (χ1n) is 6.72. The van der Waals surface area contributed by atoms with Crippen molar-refractivity contribution in [1.29, 1.82) is 0 Å². The number of amides is 3. The SMILES string of the molecule is O=C(CN1C(=O)SC(=Cc2cccs2)C1=O)N1CCCC1. The second-order valence-corrected chi connectivity index (χ2v) is 6.84. The lowest BCUT2D eigenvalue weighted by atomic mass is 10.3. The third-order valence-electron chi connectivity index (χ3n) is 3.44. The molecule has 2 saturated heterocycles. The molecule has 0 bridgehead atoms. The molecule has 0 spiro atoms. The molecule has 1 aromatic rings. The Balaban J connectivity index is 1.70. The molecule has 2 aliphatic rings. The zero-order valence-electron chi connectivity index (χ0n) is 11.3. The van der Waals surface area contributed by atoms with Crippen molar-refractivity contribution in [3.8, 4) is 0 Å². The van der Waals surface area contributed by atoms with Crippen molar-refractivity contribution in [3.63, 3.8) is 0 Å². The molecule has 21 heavy (non-hydrogen) atoms. The number of thiophene rings is 1. The molecule has 0 aliphatic carbocycles. The standard InChI is InChI=1S/C14H14N2O3S2/c17-12(15-5-1-2-6-15)9-16-13(18)11(21-14(16)19)8-10-4-3-7-20-10/h3-4,7-8H,1-2,5-6,9H2. The molecule has 0 saturated carbocycles. The zero-order valence-corrected chi connectivity index (χ0v) is 12.9. The van der Waals surface area contributed by atoms with Crippen LogP contribution in [0.25, 0.3) is 6.08 Å². The van der Waals surface area contributed by atoms with Crippen molar-refractivity contribution in [2.24, 2.45) is 0 Å². The summed E-state index contributed by atoms with van der Waals surface area (Å²) in [4.78, 5) is 40.3. The second-order valence-electron chi connectivity index (χ2n) is 4.87. The highest BCUT2D eigenvalue weighted by atomic mass is 32.2. The van der Waals surface area contributed by atoms with Crippen LogP contribution in [0.4, 0.5) is 4.79 Å². The summed E-state index contributed by atoms with van der Waals surface area (Å²) >= 11 is 2.40. The van der Waals surface area contributed by atoms with E-state index in [1.54, 1.807) is 11.0 Å². The molecule has 1 aromatic heterocycles. The average Bonchev–Trinajstić information content (AvgIpc) is 3.18. The summed E-state index contributed by atoms with van der Waals surface area (Å²) in [6.45, 7) is 1.30. The van der Waals surface area contributed by atoms with Gasteiger partial charge in [0.2, 0.25) is 5.91 Å². The van der Waals surface area contributed by atoms with Crippen LogP contribution in [0.15, 0.2) is 22.4 Å². The number of hydrogen-bond acceptors (Lipinski definition) is 5. The van der Waals surface area contributed by atoms with Gasteiger partial charge >= 0.3 is 0 Å². The lowest BCUT2D eigenvalue weighted by molar-refractivity contribution is -0.135. The van der Waals surface area contributed by atoms with Crippen molar-refractivity contribution in [1.82, 2.24) is 9.80 Å². The molecule has 0 aromatic carbocycles. The summed E-state index contributed by atoms with van der Waals surface area (Å²) in [5, 5.41) is 1.54. The highest BCUT2D eigenvalue weighted by molar-refractivity contribution is 8.18. The van der Waals surface area contributed by atoms with Gasteiger partial charge in [-0.1, -0.05) is 6.07 Å². The van der Waals surface area contributed by atoms with E-state index in [1.165, 1.54) is 11.3 Å². The molecule has 0 unspecified atom stereocenters. The van der Waals surface area contributed by atoms with Gasteiger partial charge < -0.3 is 4.90 Å². The second kappa shape index (κ2) is 6.03. The maximum absolute atomic E-state index is 12.2. The molecule has 3 heterocycles. The first-order valence-corrected chi connectivity index (χ1v) is 8.41. The molecular weight excluding hydrogens is 308 g/mol. The van der Waals surface area contributed by atoms with Crippen LogP contribution >= 0.6 is 23.1 Å². The molecule has 3 amide bonds. The Morgan fingerprint density at radius 1 is 1.29 bits per heavy atom. The summed E-state index contributed by atoms with van der Waals surface area (Å²) in [6, 6.07) is 3.77. The number of thioether (sulfide) groups is 1. The Bertz CT molecular complexity index is 604. The van der Waals surface area contributed by atoms with Crippen molar-refractivity contribution in [3.05, 3.63) is 27.3 Å². The molecule has 5 nitrogen and oxygen atoms in total. The van der Waals surface area contributed by atoms with Crippen molar-refractivity contribution >= 4 is 46.2 Å². The van der Waals surface area contributed by atoms with Gasteiger partial charge in [0.05, 0.1) is 4.91 Å². The number of rotatable bonds is 3. The van der Waals surface area contributed by atoms with Crippen LogP contribution < -0.4 is 0 Å². The fraction of sp³-hybridized carbons (Fsp3) is 0.357. The monoisotopic (exact) mass is 322 g/mol. The van der Waals surface area contributed by atoms with E-state index in [4.69, 9.17) is 0 Å². The highest BCUT2D eigenvalue weighted by Gasteiger charge is 2.37.